The summed E-state index contributed by atoms with van der Waals surface area (Å²) in [5.41, 5.74) is 0. The first-order chi connectivity index (χ1) is 14.8. The monoisotopic (exact) mass is 435 g/mol. The smallest absolute Gasteiger partial charge is 0.243 e. The maximum atomic E-state index is 13.7. The molecular formula is C24H41N3O4. The summed E-state index contributed by atoms with van der Waals surface area (Å²) in [7, 11) is 1.60. The second-order valence-corrected chi connectivity index (χ2v) is 9.26. The van der Waals surface area contributed by atoms with E-state index in [1.807, 2.05) is 26.0 Å². The number of amides is 3. The minimum Gasteiger partial charge on any atom is -0.394 e. The van der Waals surface area contributed by atoms with Crippen LogP contribution in [0, 0.1) is 29.6 Å². The van der Waals surface area contributed by atoms with E-state index in [2.05, 4.69) is 24.5 Å². The predicted molar refractivity (Wildman–Crippen MR) is 121 cm³/mol. The molecule has 1 aliphatic heterocycles. The van der Waals surface area contributed by atoms with Crippen molar-refractivity contribution in [2.75, 3.05) is 20.2 Å². The van der Waals surface area contributed by atoms with Crippen molar-refractivity contribution in [1.29, 1.82) is 0 Å². The molecule has 1 heterocycles. The van der Waals surface area contributed by atoms with Crippen molar-refractivity contribution in [3.63, 3.8) is 0 Å². The third-order valence-electron chi connectivity index (χ3n) is 6.88. The fourth-order valence-electron chi connectivity index (χ4n) is 5.25. The van der Waals surface area contributed by atoms with Gasteiger partial charge >= 0.3 is 0 Å². The first-order valence-corrected chi connectivity index (χ1v) is 11.9. The quantitative estimate of drug-likeness (QED) is 0.342. The van der Waals surface area contributed by atoms with Gasteiger partial charge in [0.15, 0.2) is 0 Å². The van der Waals surface area contributed by atoms with Crippen molar-refractivity contribution in [2.24, 2.45) is 29.6 Å². The summed E-state index contributed by atoms with van der Waals surface area (Å²) in [6, 6.07) is -1.17. The lowest BCUT2D eigenvalue weighted by atomic mass is 9.68. The number of likely N-dealkylation sites (tertiary alicyclic amines) is 1. The lowest BCUT2D eigenvalue weighted by Gasteiger charge is -2.35. The highest BCUT2D eigenvalue weighted by Crippen LogP contribution is 2.46. The minimum atomic E-state index is -0.704. The number of rotatable bonds is 11. The number of nitrogens with one attached hydrogen (secondary N) is 2. The summed E-state index contributed by atoms with van der Waals surface area (Å²) in [5.74, 6) is -2.04. The van der Waals surface area contributed by atoms with Gasteiger partial charge in [0.05, 0.1) is 24.5 Å². The van der Waals surface area contributed by atoms with E-state index < -0.39 is 23.9 Å². The number of carbonyl (C=O) groups is 3. The second kappa shape index (κ2) is 11.7. The molecule has 3 N–H and O–H groups in total. The number of nitrogens with zero attached hydrogens (tertiary/aromatic N) is 1. The van der Waals surface area contributed by atoms with Gasteiger partial charge < -0.3 is 20.6 Å². The highest BCUT2D eigenvalue weighted by Gasteiger charge is 2.58. The van der Waals surface area contributed by atoms with Crippen LogP contribution in [0.3, 0.4) is 0 Å². The predicted octanol–water partition coefficient (Wildman–Crippen LogP) is 2.10. The first-order valence-electron chi connectivity index (χ1n) is 11.9. The summed E-state index contributed by atoms with van der Waals surface area (Å²) in [4.78, 5) is 41.5. The molecule has 2 aliphatic rings. The number of hydrogen-bond acceptors (Lipinski definition) is 4. The van der Waals surface area contributed by atoms with E-state index in [1.54, 1.807) is 11.9 Å². The molecule has 3 amide bonds. The van der Waals surface area contributed by atoms with E-state index in [0.717, 1.165) is 32.1 Å². The molecule has 0 bridgehead atoms. The Morgan fingerprint density at radius 1 is 1.13 bits per heavy atom. The second-order valence-electron chi connectivity index (χ2n) is 9.26. The fraction of sp³-hybridized carbons (Fsp3) is 0.792. The Kier molecular flexibility index (Phi) is 9.54. The zero-order chi connectivity index (χ0) is 23.1. The van der Waals surface area contributed by atoms with Crippen LogP contribution in [-0.2, 0) is 14.4 Å². The van der Waals surface area contributed by atoms with Crippen LogP contribution in [-0.4, -0.2) is 60.0 Å². The van der Waals surface area contributed by atoms with Crippen molar-refractivity contribution in [2.45, 2.75) is 71.9 Å². The molecular weight excluding hydrogens is 394 g/mol. The van der Waals surface area contributed by atoms with Crippen LogP contribution < -0.4 is 10.6 Å². The van der Waals surface area contributed by atoms with Gasteiger partial charge in [-0.05, 0) is 24.7 Å². The van der Waals surface area contributed by atoms with Crippen molar-refractivity contribution in [1.82, 2.24) is 15.5 Å². The zero-order valence-corrected chi connectivity index (χ0v) is 19.8. The van der Waals surface area contributed by atoms with E-state index in [4.69, 9.17) is 0 Å². The highest BCUT2D eigenvalue weighted by molar-refractivity contribution is 5.97. The molecule has 176 valence electrons. The molecule has 7 nitrogen and oxygen atoms in total. The first kappa shape index (κ1) is 25.4. The molecule has 0 aromatic carbocycles. The molecule has 0 aromatic rings. The molecule has 0 radical (unpaired) electrons. The summed E-state index contributed by atoms with van der Waals surface area (Å²) >= 11 is 0. The Labute approximate surface area is 187 Å². The van der Waals surface area contributed by atoms with Crippen molar-refractivity contribution in [3.8, 4) is 0 Å². The van der Waals surface area contributed by atoms with Gasteiger partial charge in [-0.3, -0.25) is 14.4 Å². The molecule has 0 spiro atoms. The van der Waals surface area contributed by atoms with E-state index in [9.17, 15) is 19.5 Å². The highest BCUT2D eigenvalue weighted by atomic mass is 16.3. The van der Waals surface area contributed by atoms with Gasteiger partial charge in [0.25, 0.3) is 0 Å². The van der Waals surface area contributed by atoms with Gasteiger partial charge in [0.1, 0.15) is 6.04 Å². The Hall–Kier alpha value is -1.89. The molecule has 0 aromatic heterocycles. The number of hydrogen-bond donors (Lipinski definition) is 3. The molecule has 0 saturated carbocycles. The standard InChI is InChI=1S/C24H41N3O4/c1-6-8-9-13-26-23(30)21-17-12-11-16(10-7-2)19(22(29)25-5)20(17)24(31)27(21)18(14-28)15(3)4/h11-12,15-21,28H,6-10,13-14H2,1-5H3,(H,25,29)(H,26,30)/t16-,17+,18+,19-,20+,21+/m1/s1. The van der Waals surface area contributed by atoms with Crippen LogP contribution in [0.2, 0.25) is 0 Å². The van der Waals surface area contributed by atoms with Gasteiger partial charge in [-0.2, -0.15) is 0 Å². The molecule has 2 rings (SSSR count). The van der Waals surface area contributed by atoms with Crippen molar-refractivity contribution >= 4 is 17.7 Å². The molecule has 1 fully saturated rings. The molecule has 1 saturated heterocycles. The van der Waals surface area contributed by atoms with Crippen LogP contribution in [0.4, 0.5) is 0 Å². The average Bonchev–Trinajstić information content (AvgIpc) is 3.03. The van der Waals surface area contributed by atoms with Crippen molar-refractivity contribution in [3.05, 3.63) is 12.2 Å². The largest absolute Gasteiger partial charge is 0.394 e. The molecule has 31 heavy (non-hydrogen) atoms. The Morgan fingerprint density at radius 2 is 1.84 bits per heavy atom. The number of aliphatic hydroxyl groups is 1. The summed E-state index contributed by atoms with van der Waals surface area (Å²) in [6.45, 7) is 8.41. The maximum absolute atomic E-state index is 13.7. The molecule has 7 heteroatoms. The number of aliphatic hydroxyl groups excluding tert-OH is 1. The van der Waals surface area contributed by atoms with E-state index in [0.29, 0.717) is 6.54 Å². The van der Waals surface area contributed by atoms with E-state index in [1.165, 1.54) is 0 Å². The Morgan fingerprint density at radius 3 is 2.39 bits per heavy atom. The number of unbranched alkanes of at least 4 members (excludes halogenated alkanes) is 2. The van der Waals surface area contributed by atoms with Gasteiger partial charge in [-0.15, -0.1) is 0 Å². The van der Waals surface area contributed by atoms with E-state index in [-0.39, 0.29) is 42.1 Å². The van der Waals surface area contributed by atoms with Gasteiger partial charge in [-0.25, -0.2) is 0 Å². The van der Waals surface area contributed by atoms with Crippen LogP contribution in [0.1, 0.15) is 59.8 Å². The summed E-state index contributed by atoms with van der Waals surface area (Å²) < 4.78 is 0. The van der Waals surface area contributed by atoms with Crippen LogP contribution in [0.15, 0.2) is 12.2 Å². The summed E-state index contributed by atoms with van der Waals surface area (Å²) in [5, 5.41) is 15.8. The number of fused-ring (bicyclic) bond motifs is 1. The van der Waals surface area contributed by atoms with Gasteiger partial charge in [0, 0.05) is 19.5 Å². The van der Waals surface area contributed by atoms with Crippen LogP contribution >= 0.6 is 0 Å². The Balaban J connectivity index is 2.44. The third-order valence-corrected chi connectivity index (χ3v) is 6.88. The topological polar surface area (TPSA) is 98.7 Å². The molecule has 0 unspecified atom stereocenters. The molecule has 1 aliphatic carbocycles. The lowest BCUT2D eigenvalue weighted by Crippen LogP contribution is -2.54. The van der Waals surface area contributed by atoms with E-state index >= 15 is 0 Å². The lowest BCUT2D eigenvalue weighted by molar-refractivity contribution is -0.144. The van der Waals surface area contributed by atoms with Crippen LogP contribution in [0.5, 0.6) is 0 Å². The van der Waals surface area contributed by atoms with Crippen molar-refractivity contribution < 1.29 is 19.5 Å². The number of allylic oxidation sites excluding steroid dienone is 1. The maximum Gasteiger partial charge on any atom is 0.243 e. The average molecular weight is 436 g/mol. The zero-order valence-electron chi connectivity index (χ0n) is 19.8. The summed E-state index contributed by atoms with van der Waals surface area (Å²) in [6.07, 6.45) is 8.71. The van der Waals surface area contributed by atoms with Gasteiger partial charge in [0.2, 0.25) is 17.7 Å². The van der Waals surface area contributed by atoms with Crippen LogP contribution in [0.25, 0.3) is 0 Å². The number of carbonyl (C=O) groups excluding carboxylic acids is 3. The Bertz CT molecular complexity index is 663. The SMILES string of the molecule is CCCCCNC(=O)[C@@H]1[C@H]2C=C[C@@H](CCC)[C@@H](C(=O)NC)[C@H]2C(=O)N1[C@@H](CO)C(C)C. The normalized spacial score (nSPS) is 28.5. The van der Waals surface area contributed by atoms with Gasteiger partial charge in [-0.1, -0.05) is 59.1 Å². The minimum absolute atomic E-state index is 0.0154. The molecule has 6 atom stereocenters. The third kappa shape index (κ3) is 5.30. The fourth-order valence-corrected chi connectivity index (χ4v) is 5.25.